The maximum Gasteiger partial charge on any atom is 0.0717 e. The molecule has 0 aromatic heterocycles. The van der Waals surface area contributed by atoms with Crippen LogP contribution in [0.25, 0.3) is 0 Å². The second-order valence-corrected chi connectivity index (χ2v) is 9.07. The Morgan fingerprint density at radius 3 is 2.18 bits per heavy atom. The van der Waals surface area contributed by atoms with Gasteiger partial charge in [-0.2, -0.15) is 0 Å². The van der Waals surface area contributed by atoms with Gasteiger partial charge in [-0.1, -0.05) is 42.5 Å². The van der Waals surface area contributed by atoms with E-state index in [1.165, 1.54) is 63.4 Å². The topological polar surface area (TPSA) is 9.23 Å². The summed E-state index contributed by atoms with van der Waals surface area (Å²) in [4.78, 5) is 0. The van der Waals surface area contributed by atoms with E-state index in [-0.39, 0.29) is 0 Å². The smallest absolute Gasteiger partial charge is 0.0717 e. The van der Waals surface area contributed by atoms with Crippen LogP contribution in [0.3, 0.4) is 0 Å². The van der Waals surface area contributed by atoms with Crippen molar-refractivity contribution in [2.24, 2.45) is 17.8 Å². The molecule has 0 heterocycles. The Balaban J connectivity index is 1.40. The lowest BCUT2D eigenvalue weighted by atomic mass is 9.68. The number of rotatable bonds is 9. The summed E-state index contributed by atoms with van der Waals surface area (Å²) in [6.07, 6.45) is 20.3. The minimum absolute atomic E-state index is 0.720. The third-order valence-corrected chi connectivity index (χ3v) is 7.22. The zero-order valence-electron chi connectivity index (χ0n) is 18.0. The molecule has 1 aromatic rings. The van der Waals surface area contributed by atoms with Gasteiger partial charge >= 0.3 is 0 Å². The molecule has 2 fully saturated rings. The summed E-state index contributed by atoms with van der Waals surface area (Å²) in [6, 6.07) is 9.23. The molecule has 2 aliphatic rings. The van der Waals surface area contributed by atoms with Crippen molar-refractivity contribution in [3.05, 3.63) is 60.2 Å². The number of allylic oxidation sites excluding steroid dienone is 2. The number of hydrogen-bond acceptors (Lipinski definition) is 1. The molecule has 154 valence electrons. The molecule has 0 N–H and O–H groups in total. The number of hydrogen-bond donors (Lipinski definition) is 0. The van der Waals surface area contributed by atoms with Crippen LogP contribution in [-0.2, 0) is 11.3 Å². The van der Waals surface area contributed by atoms with Gasteiger partial charge in [0.05, 0.1) is 13.2 Å². The van der Waals surface area contributed by atoms with Crippen molar-refractivity contribution in [3.8, 4) is 0 Å². The van der Waals surface area contributed by atoms with Crippen LogP contribution < -0.4 is 0 Å². The van der Waals surface area contributed by atoms with Crippen molar-refractivity contribution in [1.29, 1.82) is 0 Å². The summed E-state index contributed by atoms with van der Waals surface area (Å²) in [5.41, 5.74) is 2.83. The monoisotopic (exact) mass is 380 g/mol. The van der Waals surface area contributed by atoms with Crippen molar-refractivity contribution in [2.75, 3.05) is 6.61 Å². The summed E-state index contributed by atoms with van der Waals surface area (Å²) < 4.78 is 5.68. The Bertz CT molecular complexity index is 583. The Hall–Kier alpha value is -1.34. The summed E-state index contributed by atoms with van der Waals surface area (Å²) in [6.45, 7) is 7.37. The van der Waals surface area contributed by atoms with Gasteiger partial charge in [-0.05, 0) is 106 Å². The normalized spacial score (nSPS) is 28.5. The lowest BCUT2D eigenvalue weighted by molar-refractivity contribution is 0.125. The van der Waals surface area contributed by atoms with Gasteiger partial charge in [0, 0.05) is 0 Å². The zero-order valence-corrected chi connectivity index (χ0v) is 18.0. The molecule has 3 rings (SSSR count). The highest BCUT2D eigenvalue weighted by atomic mass is 16.5. The molecule has 28 heavy (non-hydrogen) atoms. The molecule has 1 aromatic carbocycles. The van der Waals surface area contributed by atoms with Crippen molar-refractivity contribution >= 4 is 0 Å². The molecule has 0 amide bonds. The van der Waals surface area contributed by atoms with Crippen molar-refractivity contribution in [1.82, 2.24) is 0 Å². The van der Waals surface area contributed by atoms with E-state index in [0.29, 0.717) is 0 Å². The van der Waals surface area contributed by atoms with E-state index >= 15 is 0 Å². The SMILES string of the molecule is C=CCCOCc1ccc(C2CCC([C@H]3CC[C@H](C/C=C/C)CC3)CC2)cc1. The van der Waals surface area contributed by atoms with Gasteiger partial charge in [0.1, 0.15) is 0 Å². The molecule has 0 atom stereocenters. The van der Waals surface area contributed by atoms with Crippen molar-refractivity contribution < 1.29 is 4.74 Å². The first-order valence-corrected chi connectivity index (χ1v) is 11.7. The highest BCUT2D eigenvalue weighted by Gasteiger charge is 2.30. The fourth-order valence-electron chi connectivity index (χ4n) is 5.39. The molecule has 0 bridgehead atoms. The van der Waals surface area contributed by atoms with E-state index in [9.17, 15) is 0 Å². The standard InChI is InChI=1S/C27H40O/c1-3-5-7-22-8-12-24(13-9-22)26-16-18-27(19-17-26)25-14-10-23(11-15-25)21-28-20-6-4-2/h3-5,10-11,14-15,22,24,26-27H,2,6-9,12-13,16-21H2,1H3/b5-3+/t22-,24-,26?,27?. The minimum atomic E-state index is 0.720. The van der Waals surface area contributed by atoms with Gasteiger partial charge in [0.15, 0.2) is 0 Å². The predicted molar refractivity (Wildman–Crippen MR) is 120 cm³/mol. The van der Waals surface area contributed by atoms with Crippen molar-refractivity contribution in [3.63, 3.8) is 0 Å². The largest absolute Gasteiger partial charge is 0.376 e. The maximum atomic E-state index is 5.68. The van der Waals surface area contributed by atoms with Gasteiger partial charge in [-0.3, -0.25) is 0 Å². The van der Waals surface area contributed by atoms with Gasteiger partial charge in [-0.15, -0.1) is 6.58 Å². The highest BCUT2D eigenvalue weighted by Crippen LogP contribution is 2.44. The molecule has 0 radical (unpaired) electrons. The molecule has 2 saturated carbocycles. The van der Waals surface area contributed by atoms with E-state index in [2.05, 4.69) is 49.9 Å². The van der Waals surface area contributed by atoms with Crippen LogP contribution in [0.1, 0.15) is 88.2 Å². The van der Waals surface area contributed by atoms with Crippen LogP contribution in [0.5, 0.6) is 0 Å². The van der Waals surface area contributed by atoms with E-state index in [1.54, 1.807) is 5.56 Å². The Morgan fingerprint density at radius 1 is 0.929 bits per heavy atom. The second-order valence-electron chi connectivity index (χ2n) is 9.07. The number of ether oxygens (including phenoxy) is 1. The van der Waals surface area contributed by atoms with Gasteiger partial charge in [0.2, 0.25) is 0 Å². The van der Waals surface area contributed by atoms with E-state index < -0.39 is 0 Å². The molecular weight excluding hydrogens is 340 g/mol. The molecule has 0 aliphatic heterocycles. The summed E-state index contributed by atoms with van der Waals surface area (Å²) in [5.74, 6) is 3.75. The van der Waals surface area contributed by atoms with Gasteiger partial charge < -0.3 is 4.74 Å². The molecule has 0 unspecified atom stereocenters. The van der Waals surface area contributed by atoms with Crippen LogP contribution in [0.2, 0.25) is 0 Å². The predicted octanol–water partition coefficient (Wildman–Crippen LogP) is 7.83. The molecule has 2 aliphatic carbocycles. The molecule has 0 spiro atoms. The van der Waals surface area contributed by atoms with Crippen LogP contribution in [0.4, 0.5) is 0 Å². The Labute approximate surface area is 173 Å². The first-order chi connectivity index (χ1) is 13.8. The van der Waals surface area contributed by atoms with Gasteiger partial charge in [-0.25, -0.2) is 0 Å². The Morgan fingerprint density at radius 2 is 1.57 bits per heavy atom. The second kappa shape index (κ2) is 11.6. The molecule has 0 saturated heterocycles. The summed E-state index contributed by atoms with van der Waals surface area (Å²) in [7, 11) is 0. The summed E-state index contributed by atoms with van der Waals surface area (Å²) >= 11 is 0. The first kappa shape index (κ1) is 21.4. The van der Waals surface area contributed by atoms with E-state index in [4.69, 9.17) is 4.74 Å². The van der Waals surface area contributed by atoms with Crippen molar-refractivity contribution in [2.45, 2.75) is 83.7 Å². The average molecular weight is 381 g/mol. The maximum absolute atomic E-state index is 5.68. The third-order valence-electron chi connectivity index (χ3n) is 7.22. The Kier molecular flexibility index (Phi) is 8.86. The van der Waals surface area contributed by atoms with E-state index in [0.717, 1.165) is 43.3 Å². The fourth-order valence-corrected chi connectivity index (χ4v) is 5.39. The summed E-state index contributed by atoms with van der Waals surface area (Å²) in [5, 5.41) is 0. The van der Waals surface area contributed by atoms with Crippen LogP contribution in [0.15, 0.2) is 49.1 Å². The van der Waals surface area contributed by atoms with E-state index in [1.807, 2.05) is 6.08 Å². The van der Waals surface area contributed by atoms with Crippen LogP contribution in [-0.4, -0.2) is 6.61 Å². The molecular formula is C27H40O. The third kappa shape index (κ3) is 6.34. The number of benzene rings is 1. The fraction of sp³-hybridized carbons (Fsp3) is 0.630. The molecule has 1 nitrogen and oxygen atoms in total. The minimum Gasteiger partial charge on any atom is -0.376 e. The average Bonchev–Trinajstić information content (AvgIpc) is 2.76. The highest BCUT2D eigenvalue weighted by molar-refractivity contribution is 5.25. The lowest BCUT2D eigenvalue weighted by Gasteiger charge is -2.38. The first-order valence-electron chi connectivity index (χ1n) is 11.7. The lowest BCUT2D eigenvalue weighted by Crippen LogP contribution is -2.25. The van der Waals surface area contributed by atoms with Crippen LogP contribution >= 0.6 is 0 Å². The van der Waals surface area contributed by atoms with Gasteiger partial charge in [0.25, 0.3) is 0 Å². The van der Waals surface area contributed by atoms with Crippen LogP contribution in [0, 0.1) is 17.8 Å². The quantitative estimate of drug-likeness (QED) is 0.313. The zero-order chi connectivity index (χ0) is 19.6. The molecule has 1 heteroatoms.